The van der Waals surface area contributed by atoms with Crippen molar-refractivity contribution in [1.82, 2.24) is 9.99 Å². The summed E-state index contributed by atoms with van der Waals surface area (Å²) >= 11 is 7.12. The first-order chi connectivity index (χ1) is 15.1. The molecule has 0 bridgehead atoms. The number of carbonyl (C=O) groups excluding carboxylic acids is 2. The second kappa shape index (κ2) is 9.42. The molecular formula is C23H17ClN4O2S. The molecular weight excluding hydrogens is 432 g/mol. The number of benzene rings is 3. The van der Waals surface area contributed by atoms with Crippen molar-refractivity contribution >= 4 is 40.6 Å². The fourth-order valence-corrected chi connectivity index (χ4v) is 3.83. The van der Waals surface area contributed by atoms with E-state index < -0.39 is 5.91 Å². The van der Waals surface area contributed by atoms with Gasteiger partial charge in [-0.05, 0) is 42.0 Å². The first kappa shape index (κ1) is 20.6. The summed E-state index contributed by atoms with van der Waals surface area (Å²) < 4.78 is 1.44. The van der Waals surface area contributed by atoms with Gasteiger partial charge < -0.3 is 5.32 Å². The van der Waals surface area contributed by atoms with Crippen molar-refractivity contribution in [2.75, 3.05) is 5.32 Å². The van der Waals surface area contributed by atoms with Crippen molar-refractivity contribution in [2.24, 2.45) is 5.10 Å². The van der Waals surface area contributed by atoms with E-state index in [1.807, 2.05) is 53.9 Å². The van der Waals surface area contributed by atoms with Crippen LogP contribution >= 0.6 is 22.9 Å². The first-order valence-corrected chi connectivity index (χ1v) is 10.6. The molecule has 1 aromatic heterocycles. The van der Waals surface area contributed by atoms with Gasteiger partial charge in [0.25, 0.3) is 5.91 Å². The zero-order valence-electron chi connectivity index (χ0n) is 16.2. The van der Waals surface area contributed by atoms with Crippen LogP contribution in [0.3, 0.4) is 0 Å². The largest absolute Gasteiger partial charge is 0.332 e. The number of thiazole rings is 1. The second-order valence-electron chi connectivity index (χ2n) is 6.46. The van der Waals surface area contributed by atoms with Crippen LogP contribution in [0.5, 0.6) is 0 Å². The van der Waals surface area contributed by atoms with Gasteiger partial charge in [0, 0.05) is 21.7 Å². The predicted molar refractivity (Wildman–Crippen MR) is 123 cm³/mol. The van der Waals surface area contributed by atoms with Gasteiger partial charge in [0.05, 0.1) is 5.69 Å². The number of aromatic nitrogens is 1. The predicted octanol–water partition coefficient (Wildman–Crippen LogP) is 5.20. The molecule has 0 aliphatic carbocycles. The molecule has 0 unspecified atom stereocenters. The van der Waals surface area contributed by atoms with Crippen LogP contribution < -0.4 is 15.5 Å². The lowest BCUT2D eigenvalue weighted by Crippen LogP contribution is -2.31. The molecule has 3 aromatic carbocycles. The highest BCUT2D eigenvalue weighted by atomic mass is 35.5. The molecule has 0 aliphatic rings. The summed E-state index contributed by atoms with van der Waals surface area (Å²) in [6, 6.07) is 24.7. The third-order valence-electron chi connectivity index (χ3n) is 4.37. The first-order valence-electron chi connectivity index (χ1n) is 9.34. The molecule has 1 heterocycles. The van der Waals surface area contributed by atoms with Gasteiger partial charge in [-0.2, -0.15) is 0 Å². The minimum atomic E-state index is -0.402. The Labute approximate surface area is 187 Å². The third-order valence-corrected chi connectivity index (χ3v) is 5.44. The lowest BCUT2D eigenvalue weighted by atomic mass is 10.2. The average molecular weight is 449 g/mol. The second-order valence-corrected chi connectivity index (χ2v) is 7.73. The molecule has 4 aromatic rings. The molecule has 0 radical (unpaired) electrons. The van der Waals surface area contributed by atoms with E-state index >= 15 is 0 Å². The summed E-state index contributed by atoms with van der Waals surface area (Å²) in [7, 11) is 0. The number of carbonyl (C=O) groups is 2. The van der Waals surface area contributed by atoms with Gasteiger partial charge >= 0.3 is 6.03 Å². The quantitative estimate of drug-likeness (QED) is 0.421. The van der Waals surface area contributed by atoms with Gasteiger partial charge in [-0.1, -0.05) is 60.1 Å². The van der Waals surface area contributed by atoms with Crippen molar-refractivity contribution in [1.29, 1.82) is 0 Å². The molecule has 0 spiro atoms. The highest BCUT2D eigenvalue weighted by Gasteiger charge is 2.15. The standard InChI is InChI=1S/C23H17ClN4O2S/c24-18-13-11-17(12-14-18)21(29)26-27-23-28(22(30)25-19-9-5-2-6-10-19)20(15-31-23)16-7-3-1-4-8-16/h1-15H,(H,25,30)(H,26,29). The molecule has 2 N–H and O–H groups in total. The maximum absolute atomic E-state index is 13.1. The average Bonchev–Trinajstić information content (AvgIpc) is 3.23. The Hall–Kier alpha value is -3.68. The Kier molecular flexibility index (Phi) is 6.26. The van der Waals surface area contributed by atoms with Gasteiger partial charge in [-0.25, -0.2) is 14.8 Å². The highest BCUT2D eigenvalue weighted by Crippen LogP contribution is 2.20. The van der Waals surface area contributed by atoms with E-state index in [0.29, 0.717) is 26.8 Å². The van der Waals surface area contributed by atoms with Crippen LogP contribution in [0.4, 0.5) is 10.5 Å². The zero-order chi connectivity index (χ0) is 21.6. The summed E-state index contributed by atoms with van der Waals surface area (Å²) in [4.78, 5) is 25.9. The van der Waals surface area contributed by atoms with Crippen LogP contribution in [0.2, 0.25) is 5.02 Å². The molecule has 8 heteroatoms. The van der Waals surface area contributed by atoms with E-state index in [0.717, 1.165) is 5.56 Å². The van der Waals surface area contributed by atoms with Crippen molar-refractivity contribution in [3.8, 4) is 11.3 Å². The summed E-state index contributed by atoms with van der Waals surface area (Å²) in [6.07, 6.45) is 0. The van der Waals surface area contributed by atoms with E-state index in [1.165, 1.54) is 15.9 Å². The lowest BCUT2D eigenvalue weighted by Gasteiger charge is -2.10. The molecule has 154 valence electrons. The minimum Gasteiger partial charge on any atom is -0.307 e. The Morgan fingerprint density at radius 3 is 2.19 bits per heavy atom. The van der Waals surface area contributed by atoms with E-state index in [2.05, 4.69) is 15.8 Å². The van der Waals surface area contributed by atoms with Gasteiger partial charge in [0.15, 0.2) is 0 Å². The molecule has 4 rings (SSSR count). The van der Waals surface area contributed by atoms with Crippen LogP contribution in [0.1, 0.15) is 10.4 Å². The van der Waals surface area contributed by atoms with Gasteiger partial charge in [0.1, 0.15) is 0 Å². The van der Waals surface area contributed by atoms with Crippen molar-refractivity contribution in [3.05, 3.63) is 106 Å². The zero-order valence-corrected chi connectivity index (χ0v) is 17.7. The van der Waals surface area contributed by atoms with E-state index in [1.54, 1.807) is 36.4 Å². The van der Waals surface area contributed by atoms with Crippen LogP contribution in [0.15, 0.2) is 95.4 Å². The molecule has 6 nitrogen and oxygen atoms in total. The smallest absolute Gasteiger partial charge is 0.307 e. The SMILES string of the molecule is O=C(NN=c1scc(-c2ccccc2)n1C(=O)Nc1ccccc1)c1ccc(Cl)cc1. The Balaban J connectivity index is 1.69. The molecule has 0 atom stereocenters. The summed E-state index contributed by atoms with van der Waals surface area (Å²) in [6.45, 7) is 0. The van der Waals surface area contributed by atoms with Crippen molar-refractivity contribution < 1.29 is 9.59 Å². The topological polar surface area (TPSA) is 75.5 Å². The number of para-hydroxylation sites is 1. The van der Waals surface area contributed by atoms with Gasteiger partial charge in [-0.3, -0.25) is 4.79 Å². The number of amides is 2. The Morgan fingerprint density at radius 2 is 1.52 bits per heavy atom. The number of hydrogen-bond acceptors (Lipinski definition) is 4. The summed E-state index contributed by atoms with van der Waals surface area (Å²) in [5.74, 6) is -0.402. The monoisotopic (exact) mass is 448 g/mol. The molecule has 0 fully saturated rings. The van der Waals surface area contributed by atoms with E-state index in [-0.39, 0.29) is 6.03 Å². The molecule has 0 saturated heterocycles. The third kappa shape index (κ3) is 4.91. The van der Waals surface area contributed by atoms with E-state index in [4.69, 9.17) is 11.6 Å². The number of rotatable bonds is 4. The molecule has 0 aliphatic heterocycles. The highest BCUT2D eigenvalue weighted by molar-refractivity contribution is 7.07. The lowest BCUT2D eigenvalue weighted by molar-refractivity contribution is 0.0953. The minimum absolute atomic E-state index is 0.328. The van der Waals surface area contributed by atoms with Crippen LogP contribution in [0.25, 0.3) is 11.3 Å². The number of nitrogens with zero attached hydrogens (tertiary/aromatic N) is 2. The van der Waals surface area contributed by atoms with Crippen molar-refractivity contribution in [3.63, 3.8) is 0 Å². The van der Waals surface area contributed by atoms with Gasteiger partial charge in [0.2, 0.25) is 4.80 Å². The number of nitrogens with one attached hydrogen (secondary N) is 2. The normalized spacial score (nSPS) is 11.2. The summed E-state index contributed by atoms with van der Waals surface area (Å²) in [5.41, 5.74) is 5.10. The maximum atomic E-state index is 13.1. The fourth-order valence-electron chi connectivity index (χ4n) is 2.86. The van der Waals surface area contributed by atoms with Crippen molar-refractivity contribution in [2.45, 2.75) is 0 Å². The Bertz CT molecular complexity index is 1270. The van der Waals surface area contributed by atoms with Crippen LogP contribution in [0, 0.1) is 0 Å². The van der Waals surface area contributed by atoms with E-state index in [9.17, 15) is 9.59 Å². The number of anilines is 1. The number of halogens is 1. The van der Waals surface area contributed by atoms with Crippen LogP contribution in [-0.2, 0) is 0 Å². The fraction of sp³-hybridized carbons (Fsp3) is 0. The van der Waals surface area contributed by atoms with Gasteiger partial charge in [-0.15, -0.1) is 16.4 Å². The molecule has 0 saturated carbocycles. The van der Waals surface area contributed by atoms with Crippen LogP contribution in [-0.4, -0.2) is 16.5 Å². The maximum Gasteiger partial charge on any atom is 0.332 e. The summed E-state index contributed by atoms with van der Waals surface area (Å²) in [5, 5.41) is 9.43. The Morgan fingerprint density at radius 1 is 0.871 bits per heavy atom. The molecule has 31 heavy (non-hydrogen) atoms. The molecule has 2 amide bonds. The number of hydrogen-bond donors (Lipinski definition) is 2.